The van der Waals surface area contributed by atoms with Gasteiger partial charge in [0.1, 0.15) is 18.4 Å². The van der Waals surface area contributed by atoms with Crippen molar-refractivity contribution in [1.29, 1.82) is 0 Å². The van der Waals surface area contributed by atoms with Gasteiger partial charge in [0.15, 0.2) is 0 Å². The van der Waals surface area contributed by atoms with Crippen LogP contribution in [0, 0.1) is 5.82 Å². The van der Waals surface area contributed by atoms with Crippen LogP contribution in [0.2, 0.25) is 5.02 Å². The molecule has 7 nitrogen and oxygen atoms in total. The van der Waals surface area contributed by atoms with Gasteiger partial charge in [0.25, 0.3) is 0 Å². The van der Waals surface area contributed by atoms with E-state index in [0.29, 0.717) is 6.42 Å². The number of nitrogens with zero attached hydrogens (tertiary/aromatic N) is 2. The number of hydrogen-bond acceptors (Lipinski definition) is 4. The molecule has 0 fully saturated rings. The van der Waals surface area contributed by atoms with E-state index >= 15 is 0 Å². The molecule has 2 amide bonds. The first-order valence-electron chi connectivity index (χ1n) is 12.7. The summed E-state index contributed by atoms with van der Waals surface area (Å²) in [4.78, 5) is 29.1. The molecule has 0 aromatic heterocycles. The SMILES string of the molecule is CC[C@H](C)NC(=O)[C@H](Cc1ccccc1)N(Cc1cccc(Br)c1)C(=O)CN(c1ccc(F)c(Cl)c1)S(C)(=O)=O. The molecule has 0 bridgehead atoms. The van der Waals surface area contributed by atoms with Crippen molar-refractivity contribution >= 4 is 55.1 Å². The molecule has 0 unspecified atom stereocenters. The summed E-state index contributed by atoms with van der Waals surface area (Å²) in [5, 5.41) is 2.70. The standard InChI is InChI=1S/C29H32BrClFN3O4S/c1-4-20(2)33-29(37)27(16-21-9-6-5-7-10-21)34(18-22-11-8-12-23(30)15-22)28(36)19-35(40(3,38)39)24-13-14-26(32)25(31)17-24/h5-15,17,20,27H,4,16,18-19H2,1-3H3,(H,33,37)/t20-,27-/m0/s1. The number of hydrogen-bond donors (Lipinski definition) is 1. The van der Waals surface area contributed by atoms with Crippen molar-refractivity contribution in [3.63, 3.8) is 0 Å². The Hall–Kier alpha value is -2.95. The van der Waals surface area contributed by atoms with Crippen molar-refractivity contribution in [1.82, 2.24) is 10.2 Å². The van der Waals surface area contributed by atoms with E-state index in [1.165, 1.54) is 11.0 Å². The van der Waals surface area contributed by atoms with Crippen molar-refractivity contribution in [3.05, 3.63) is 99.2 Å². The van der Waals surface area contributed by atoms with Crippen LogP contribution in [-0.4, -0.2) is 50.0 Å². The second-order valence-corrected chi connectivity index (χ2v) is 12.8. The van der Waals surface area contributed by atoms with E-state index in [2.05, 4.69) is 21.2 Å². The highest BCUT2D eigenvalue weighted by Crippen LogP contribution is 2.25. The number of carbonyl (C=O) groups excluding carboxylic acids is 2. The number of anilines is 1. The fourth-order valence-electron chi connectivity index (χ4n) is 4.08. The van der Waals surface area contributed by atoms with Crippen LogP contribution in [0.4, 0.5) is 10.1 Å². The average Bonchev–Trinajstić information content (AvgIpc) is 2.90. The van der Waals surface area contributed by atoms with Gasteiger partial charge >= 0.3 is 0 Å². The lowest BCUT2D eigenvalue weighted by atomic mass is 10.0. The zero-order valence-corrected chi connectivity index (χ0v) is 25.6. The highest BCUT2D eigenvalue weighted by molar-refractivity contribution is 9.10. The summed E-state index contributed by atoms with van der Waals surface area (Å²) in [5.41, 5.74) is 1.62. The molecule has 11 heteroatoms. The molecule has 1 N–H and O–H groups in total. The molecule has 40 heavy (non-hydrogen) atoms. The van der Waals surface area contributed by atoms with E-state index in [9.17, 15) is 22.4 Å². The molecule has 0 aliphatic heterocycles. The Morgan fingerprint density at radius 3 is 2.30 bits per heavy atom. The lowest BCUT2D eigenvalue weighted by Crippen LogP contribution is -2.54. The van der Waals surface area contributed by atoms with Crippen molar-refractivity contribution in [2.75, 3.05) is 17.1 Å². The van der Waals surface area contributed by atoms with Crippen LogP contribution in [0.25, 0.3) is 0 Å². The molecule has 0 radical (unpaired) electrons. The van der Waals surface area contributed by atoms with Crippen LogP contribution in [0.3, 0.4) is 0 Å². The van der Waals surface area contributed by atoms with Gasteiger partial charge in [-0.05, 0) is 54.8 Å². The molecule has 0 aliphatic rings. The van der Waals surface area contributed by atoms with Gasteiger partial charge in [0.2, 0.25) is 21.8 Å². The largest absolute Gasteiger partial charge is 0.352 e. The Morgan fingerprint density at radius 2 is 1.70 bits per heavy atom. The first kappa shape index (κ1) is 31.6. The second-order valence-electron chi connectivity index (χ2n) is 9.54. The molecule has 3 aromatic carbocycles. The van der Waals surface area contributed by atoms with Crippen LogP contribution in [-0.2, 0) is 32.6 Å². The van der Waals surface area contributed by atoms with E-state index < -0.39 is 34.3 Å². The van der Waals surface area contributed by atoms with Gasteiger partial charge in [0.05, 0.1) is 17.0 Å². The fraction of sp³-hybridized carbons (Fsp3) is 0.310. The predicted octanol–water partition coefficient (Wildman–Crippen LogP) is 5.56. The van der Waals surface area contributed by atoms with E-state index in [-0.39, 0.29) is 35.6 Å². The van der Waals surface area contributed by atoms with E-state index in [4.69, 9.17) is 11.6 Å². The number of nitrogens with one attached hydrogen (secondary N) is 1. The first-order chi connectivity index (χ1) is 18.9. The third kappa shape index (κ3) is 8.78. The summed E-state index contributed by atoms with van der Waals surface area (Å²) in [6.45, 7) is 3.25. The van der Waals surface area contributed by atoms with Crippen molar-refractivity contribution in [3.8, 4) is 0 Å². The molecule has 0 aliphatic carbocycles. The summed E-state index contributed by atoms with van der Waals surface area (Å²) in [5.74, 6) is -1.67. The van der Waals surface area contributed by atoms with Crippen molar-refractivity contribution in [2.45, 2.75) is 45.3 Å². The molecule has 3 rings (SSSR count). The van der Waals surface area contributed by atoms with Gasteiger partial charge in [-0.15, -0.1) is 0 Å². The van der Waals surface area contributed by atoms with Gasteiger partial charge in [-0.3, -0.25) is 13.9 Å². The number of amides is 2. The molecular formula is C29H32BrClFN3O4S. The van der Waals surface area contributed by atoms with E-state index in [1.807, 2.05) is 68.4 Å². The normalized spacial score (nSPS) is 12.8. The Morgan fingerprint density at radius 1 is 1.02 bits per heavy atom. The predicted molar refractivity (Wildman–Crippen MR) is 160 cm³/mol. The first-order valence-corrected chi connectivity index (χ1v) is 15.7. The number of halogens is 3. The maximum Gasteiger partial charge on any atom is 0.244 e. The Kier molecular flexibility index (Phi) is 11.1. The summed E-state index contributed by atoms with van der Waals surface area (Å²) in [7, 11) is -3.99. The number of carbonyl (C=O) groups is 2. The Labute approximate surface area is 248 Å². The molecule has 2 atom stereocenters. The molecule has 0 heterocycles. The minimum atomic E-state index is -3.99. The van der Waals surface area contributed by atoms with Gasteiger partial charge in [-0.2, -0.15) is 0 Å². The Bertz CT molecular complexity index is 1440. The molecule has 0 spiro atoms. The second kappa shape index (κ2) is 14.1. The lowest BCUT2D eigenvalue weighted by molar-refractivity contribution is -0.140. The van der Waals surface area contributed by atoms with Gasteiger partial charge in [0, 0.05) is 23.5 Å². The van der Waals surface area contributed by atoms with Crippen molar-refractivity contribution < 1.29 is 22.4 Å². The summed E-state index contributed by atoms with van der Waals surface area (Å²) in [6.07, 6.45) is 1.86. The van der Waals surface area contributed by atoms with Crippen LogP contribution in [0.15, 0.2) is 77.3 Å². The van der Waals surface area contributed by atoms with E-state index in [0.717, 1.165) is 38.3 Å². The molecule has 214 valence electrons. The van der Waals surface area contributed by atoms with Crippen LogP contribution < -0.4 is 9.62 Å². The fourth-order valence-corrected chi connectivity index (χ4v) is 5.54. The molecular weight excluding hydrogens is 621 g/mol. The Balaban J connectivity index is 2.07. The van der Waals surface area contributed by atoms with Gasteiger partial charge < -0.3 is 10.2 Å². The quantitative estimate of drug-likeness (QED) is 0.278. The van der Waals surface area contributed by atoms with Crippen LogP contribution in [0.5, 0.6) is 0 Å². The van der Waals surface area contributed by atoms with Crippen LogP contribution >= 0.6 is 27.5 Å². The third-order valence-electron chi connectivity index (χ3n) is 6.38. The van der Waals surface area contributed by atoms with Crippen molar-refractivity contribution in [2.24, 2.45) is 0 Å². The maximum absolute atomic E-state index is 14.0. The average molecular weight is 653 g/mol. The topological polar surface area (TPSA) is 86.8 Å². The lowest BCUT2D eigenvalue weighted by Gasteiger charge is -2.34. The van der Waals surface area contributed by atoms with Crippen LogP contribution in [0.1, 0.15) is 31.4 Å². The van der Waals surface area contributed by atoms with Gasteiger partial charge in [-0.1, -0.05) is 76.9 Å². The summed E-state index contributed by atoms with van der Waals surface area (Å²) in [6, 6.07) is 19.0. The highest BCUT2D eigenvalue weighted by Gasteiger charge is 2.33. The minimum absolute atomic E-state index is 0.0355. The third-order valence-corrected chi connectivity index (χ3v) is 8.31. The number of rotatable bonds is 12. The highest BCUT2D eigenvalue weighted by atomic mass is 79.9. The smallest absolute Gasteiger partial charge is 0.244 e. The molecule has 0 saturated heterocycles. The maximum atomic E-state index is 14.0. The zero-order valence-electron chi connectivity index (χ0n) is 22.5. The summed E-state index contributed by atoms with van der Waals surface area (Å²) < 4.78 is 41.1. The number of sulfonamides is 1. The summed E-state index contributed by atoms with van der Waals surface area (Å²) >= 11 is 9.37. The van der Waals surface area contributed by atoms with Gasteiger partial charge in [-0.25, -0.2) is 12.8 Å². The van der Waals surface area contributed by atoms with E-state index in [1.54, 1.807) is 0 Å². The zero-order chi connectivity index (χ0) is 29.4. The molecule has 0 saturated carbocycles. The molecule has 3 aromatic rings. The number of benzene rings is 3. The minimum Gasteiger partial charge on any atom is -0.352 e. The monoisotopic (exact) mass is 651 g/mol.